The maximum atomic E-state index is 11.0. The van der Waals surface area contributed by atoms with Crippen LogP contribution in [0.3, 0.4) is 0 Å². The van der Waals surface area contributed by atoms with Crippen LogP contribution in [0.25, 0.3) is 0 Å². The van der Waals surface area contributed by atoms with Crippen LogP contribution < -0.4 is 5.73 Å². The minimum Gasteiger partial charge on any atom is -0.481 e. The Labute approximate surface area is 82.0 Å². The Balaban J connectivity index is 3.26. The molecule has 0 aliphatic heterocycles. The zero-order valence-corrected chi connectivity index (χ0v) is 7.90. The number of aliphatic carboxylic acids is 1. The molecule has 0 saturated carbocycles. The van der Waals surface area contributed by atoms with E-state index >= 15 is 0 Å². The van der Waals surface area contributed by atoms with Gasteiger partial charge in [0.05, 0.1) is 6.61 Å². The molecule has 76 valence electrons. The van der Waals surface area contributed by atoms with Crippen molar-refractivity contribution in [3.8, 4) is 0 Å². The van der Waals surface area contributed by atoms with Crippen LogP contribution in [0.1, 0.15) is 12.5 Å². The van der Waals surface area contributed by atoms with E-state index in [2.05, 4.69) is 0 Å². The van der Waals surface area contributed by atoms with Gasteiger partial charge in [0.1, 0.15) is 5.41 Å². The van der Waals surface area contributed by atoms with Crippen LogP contribution in [0.5, 0.6) is 0 Å². The number of para-hydroxylation sites is 1. The van der Waals surface area contributed by atoms with Crippen LogP contribution in [-0.4, -0.2) is 22.8 Å². The highest BCUT2D eigenvalue weighted by Crippen LogP contribution is 2.28. The van der Waals surface area contributed by atoms with Gasteiger partial charge in [-0.25, -0.2) is 0 Å². The van der Waals surface area contributed by atoms with Crippen molar-refractivity contribution in [1.82, 2.24) is 0 Å². The van der Waals surface area contributed by atoms with E-state index in [1.54, 1.807) is 24.3 Å². The highest BCUT2D eigenvalue weighted by molar-refractivity contribution is 5.83. The molecule has 0 bridgehead atoms. The van der Waals surface area contributed by atoms with E-state index in [0.29, 0.717) is 11.3 Å². The molecule has 0 heterocycles. The van der Waals surface area contributed by atoms with Crippen LogP contribution in [0, 0.1) is 0 Å². The topological polar surface area (TPSA) is 83.5 Å². The first-order valence-corrected chi connectivity index (χ1v) is 4.21. The van der Waals surface area contributed by atoms with E-state index < -0.39 is 18.0 Å². The molecule has 0 amide bonds. The lowest BCUT2D eigenvalue weighted by Crippen LogP contribution is -2.36. The first-order chi connectivity index (χ1) is 6.52. The zero-order valence-electron chi connectivity index (χ0n) is 7.90. The third kappa shape index (κ3) is 1.56. The van der Waals surface area contributed by atoms with Gasteiger partial charge < -0.3 is 15.9 Å². The lowest BCUT2D eigenvalue weighted by atomic mass is 9.82. The Morgan fingerprint density at radius 1 is 1.50 bits per heavy atom. The first-order valence-electron chi connectivity index (χ1n) is 4.21. The van der Waals surface area contributed by atoms with Gasteiger partial charge in [-0.15, -0.1) is 0 Å². The van der Waals surface area contributed by atoms with Crippen molar-refractivity contribution in [2.45, 2.75) is 12.3 Å². The number of carboxylic acid groups (broad SMARTS) is 1. The minimum atomic E-state index is -1.33. The van der Waals surface area contributed by atoms with E-state index in [1.165, 1.54) is 6.92 Å². The van der Waals surface area contributed by atoms with Crippen molar-refractivity contribution in [2.75, 3.05) is 12.3 Å². The number of nitrogens with two attached hydrogens (primary N) is 1. The van der Waals surface area contributed by atoms with Crippen LogP contribution in [-0.2, 0) is 10.2 Å². The van der Waals surface area contributed by atoms with E-state index in [9.17, 15) is 4.79 Å². The van der Waals surface area contributed by atoms with E-state index in [0.717, 1.165) is 0 Å². The molecule has 4 nitrogen and oxygen atoms in total. The molecule has 0 aliphatic carbocycles. The van der Waals surface area contributed by atoms with Gasteiger partial charge in [0.25, 0.3) is 0 Å². The number of hydrogen-bond acceptors (Lipinski definition) is 3. The summed E-state index contributed by atoms with van der Waals surface area (Å²) in [6.07, 6.45) is 0. The Morgan fingerprint density at radius 3 is 2.50 bits per heavy atom. The summed E-state index contributed by atoms with van der Waals surface area (Å²) in [5.74, 6) is -1.09. The van der Waals surface area contributed by atoms with Crippen LogP contribution in [0.2, 0.25) is 0 Å². The van der Waals surface area contributed by atoms with Crippen molar-refractivity contribution < 1.29 is 15.0 Å². The zero-order chi connectivity index (χ0) is 10.8. The second-order valence-electron chi connectivity index (χ2n) is 3.38. The fourth-order valence-electron chi connectivity index (χ4n) is 1.27. The third-order valence-corrected chi connectivity index (χ3v) is 2.34. The number of hydrogen-bond donors (Lipinski definition) is 3. The SMILES string of the molecule is CC(CO)(C(=O)O)c1ccccc1N. The fraction of sp³-hybridized carbons (Fsp3) is 0.300. The Kier molecular flexibility index (Phi) is 2.76. The second-order valence-corrected chi connectivity index (χ2v) is 3.38. The van der Waals surface area contributed by atoms with Crippen LogP contribution in [0.15, 0.2) is 24.3 Å². The number of anilines is 1. The smallest absolute Gasteiger partial charge is 0.316 e. The lowest BCUT2D eigenvalue weighted by molar-refractivity contribution is -0.144. The molecule has 0 radical (unpaired) electrons. The molecule has 0 fully saturated rings. The minimum absolute atomic E-state index is 0.381. The number of benzene rings is 1. The summed E-state index contributed by atoms with van der Waals surface area (Å²) in [5.41, 5.74) is 5.14. The molecule has 1 aromatic carbocycles. The van der Waals surface area contributed by atoms with Crippen molar-refractivity contribution in [3.05, 3.63) is 29.8 Å². The van der Waals surface area contributed by atoms with Crippen molar-refractivity contribution in [2.24, 2.45) is 0 Å². The van der Waals surface area contributed by atoms with Gasteiger partial charge in [-0.3, -0.25) is 4.79 Å². The standard InChI is InChI=1S/C10H13NO3/c1-10(6-12,9(13)14)7-4-2-3-5-8(7)11/h2-5,12H,6,11H2,1H3,(H,13,14). The number of rotatable bonds is 3. The molecule has 1 unspecified atom stereocenters. The fourth-order valence-corrected chi connectivity index (χ4v) is 1.27. The molecule has 0 saturated heterocycles. The molecule has 14 heavy (non-hydrogen) atoms. The van der Waals surface area contributed by atoms with Crippen LogP contribution >= 0.6 is 0 Å². The average molecular weight is 195 g/mol. The van der Waals surface area contributed by atoms with Crippen molar-refractivity contribution >= 4 is 11.7 Å². The maximum absolute atomic E-state index is 11.0. The molecule has 4 heteroatoms. The second kappa shape index (κ2) is 3.67. The largest absolute Gasteiger partial charge is 0.481 e. The van der Waals surface area contributed by atoms with Gasteiger partial charge >= 0.3 is 5.97 Å². The summed E-state index contributed by atoms with van der Waals surface area (Å²) in [4.78, 5) is 11.0. The predicted octanol–water partition coefficient (Wildman–Crippen LogP) is 0.603. The maximum Gasteiger partial charge on any atom is 0.316 e. The highest BCUT2D eigenvalue weighted by Gasteiger charge is 2.35. The van der Waals surface area contributed by atoms with Gasteiger partial charge in [0, 0.05) is 5.69 Å². The number of aliphatic hydroxyl groups excluding tert-OH is 1. The molecule has 0 spiro atoms. The number of carbonyl (C=O) groups is 1. The summed E-state index contributed by atoms with van der Waals surface area (Å²) in [6, 6.07) is 6.65. The Morgan fingerprint density at radius 2 is 2.07 bits per heavy atom. The molecule has 1 rings (SSSR count). The van der Waals surface area contributed by atoms with Gasteiger partial charge in [-0.05, 0) is 18.6 Å². The van der Waals surface area contributed by atoms with E-state index in [4.69, 9.17) is 15.9 Å². The summed E-state index contributed by atoms with van der Waals surface area (Å²) in [5, 5.41) is 18.1. The van der Waals surface area contributed by atoms with Crippen molar-refractivity contribution in [3.63, 3.8) is 0 Å². The summed E-state index contributed by atoms with van der Waals surface area (Å²) < 4.78 is 0. The molecule has 0 aliphatic rings. The quantitative estimate of drug-likeness (QED) is 0.617. The molecule has 4 N–H and O–H groups in total. The summed E-state index contributed by atoms with van der Waals surface area (Å²) >= 11 is 0. The predicted molar refractivity (Wildman–Crippen MR) is 52.9 cm³/mol. The van der Waals surface area contributed by atoms with Gasteiger partial charge in [-0.1, -0.05) is 18.2 Å². The first kappa shape index (κ1) is 10.5. The molecular weight excluding hydrogens is 182 g/mol. The van der Waals surface area contributed by atoms with Gasteiger partial charge in [0.15, 0.2) is 0 Å². The number of nitrogen functional groups attached to an aromatic ring is 1. The number of carboxylic acids is 1. The Bertz CT molecular complexity index is 351. The Hall–Kier alpha value is -1.55. The molecule has 1 atom stereocenters. The molecular formula is C10H13NO3. The van der Waals surface area contributed by atoms with Crippen molar-refractivity contribution in [1.29, 1.82) is 0 Å². The molecule has 1 aromatic rings. The van der Waals surface area contributed by atoms with Gasteiger partial charge in [0.2, 0.25) is 0 Å². The average Bonchev–Trinajstić information content (AvgIpc) is 2.17. The number of aliphatic hydroxyl groups is 1. The molecule has 0 aromatic heterocycles. The monoisotopic (exact) mass is 195 g/mol. The summed E-state index contributed by atoms with van der Waals surface area (Å²) in [7, 11) is 0. The van der Waals surface area contributed by atoms with E-state index in [1.807, 2.05) is 0 Å². The van der Waals surface area contributed by atoms with Gasteiger partial charge in [-0.2, -0.15) is 0 Å². The van der Waals surface area contributed by atoms with E-state index in [-0.39, 0.29) is 0 Å². The summed E-state index contributed by atoms with van der Waals surface area (Å²) in [6.45, 7) is 0.970. The van der Waals surface area contributed by atoms with Crippen LogP contribution in [0.4, 0.5) is 5.69 Å². The normalized spacial score (nSPS) is 14.7. The lowest BCUT2D eigenvalue weighted by Gasteiger charge is -2.23. The third-order valence-electron chi connectivity index (χ3n) is 2.34. The highest BCUT2D eigenvalue weighted by atomic mass is 16.4.